The van der Waals surface area contributed by atoms with Crippen molar-refractivity contribution in [2.45, 2.75) is 37.2 Å². The van der Waals surface area contributed by atoms with E-state index in [1.165, 1.54) is 11.8 Å². The number of thioether (sulfide) groups is 1. The second-order valence-electron chi connectivity index (χ2n) is 6.06. The Morgan fingerprint density at radius 3 is 2.54 bits per heavy atom. The minimum absolute atomic E-state index is 0.186. The molecule has 0 unspecified atom stereocenters. The van der Waals surface area contributed by atoms with Gasteiger partial charge < -0.3 is 9.15 Å². The van der Waals surface area contributed by atoms with Crippen LogP contribution in [0.25, 0.3) is 11.5 Å². The molecule has 0 amide bonds. The average molecular weight is 346 g/mol. The van der Waals surface area contributed by atoms with Gasteiger partial charge >= 0.3 is 0 Å². The number of rotatable bonds is 5. The van der Waals surface area contributed by atoms with Gasteiger partial charge in [-0.05, 0) is 55.5 Å². The molecular weight excluding hydrogens is 328 g/mol. The van der Waals surface area contributed by atoms with Crippen LogP contribution in [0.2, 0.25) is 0 Å². The summed E-state index contributed by atoms with van der Waals surface area (Å²) in [7, 11) is 1.63. The van der Waals surface area contributed by atoms with Gasteiger partial charge in [0.2, 0.25) is 16.9 Å². The van der Waals surface area contributed by atoms with Gasteiger partial charge in [-0.15, -0.1) is 15.3 Å². The second kappa shape index (κ2) is 6.60. The van der Waals surface area contributed by atoms with Crippen LogP contribution in [0.4, 0.5) is 0 Å². The van der Waals surface area contributed by atoms with E-state index in [2.05, 4.69) is 25.7 Å². The molecule has 0 bridgehead atoms. The maximum absolute atomic E-state index is 5.71. The summed E-state index contributed by atoms with van der Waals surface area (Å²) in [4.78, 5) is 0. The highest BCUT2D eigenvalue weighted by Crippen LogP contribution is 2.26. The first-order valence-corrected chi connectivity index (χ1v) is 8.34. The fourth-order valence-electron chi connectivity index (χ4n) is 1.98. The van der Waals surface area contributed by atoms with E-state index in [0.717, 1.165) is 11.3 Å². The third-order valence-electron chi connectivity index (χ3n) is 3.20. The highest BCUT2D eigenvalue weighted by atomic mass is 32.2. The molecule has 126 valence electrons. The van der Waals surface area contributed by atoms with Crippen LogP contribution in [0.15, 0.2) is 33.8 Å². The number of benzene rings is 1. The zero-order valence-electron chi connectivity index (χ0n) is 13.9. The average Bonchev–Trinajstić information content (AvgIpc) is 3.21. The van der Waals surface area contributed by atoms with Gasteiger partial charge in [0.15, 0.2) is 0 Å². The minimum atomic E-state index is -0.186. The van der Waals surface area contributed by atoms with E-state index in [1.807, 2.05) is 45.0 Å². The molecule has 2 heterocycles. The monoisotopic (exact) mass is 346 g/mol. The summed E-state index contributed by atoms with van der Waals surface area (Å²) in [5.74, 6) is 2.28. The molecule has 0 aliphatic rings. The van der Waals surface area contributed by atoms with Gasteiger partial charge in [0.25, 0.3) is 0 Å². The second-order valence-corrected chi connectivity index (χ2v) is 7.00. The molecule has 3 aromatic rings. The van der Waals surface area contributed by atoms with Gasteiger partial charge in [-0.1, -0.05) is 11.8 Å². The Kier molecular flexibility index (Phi) is 4.52. The van der Waals surface area contributed by atoms with Crippen LogP contribution < -0.4 is 4.74 Å². The van der Waals surface area contributed by atoms with Crippen LogP contribution in [0.5, 0.6) is 5.75 Å². The third kappa shape index (κ3) is 3.56. The maximum Gasteiger partial charge on any atom is 0.247 e. The Bertz CT molecular complexity index is 806. The normalized spacial score (nSPS) is 11.7. The SMILES string of the molecule is COc1ccc(-c2nnc(CSc3nnnn3C(C)(C)C)o2)cc1. The fourth-order valence-corrected chi connectivity index (χ4v) is 2.87. The van der Waals surface area contributed by atoms with Crippen molar-refractivity contribution in [1.82, 2.24) is 30.4 Å². The molecule has 0 radical (unpaired) electrons. The zero-order valence-corrected chi connectivity index (χ0v) is 14.7. The summed E-state index contributed by atoms with van der Waals surface area (Å²) in [5.41, 5.74) is 0.661. The van der Waals surface area contributed by atoms with Crippen LogP contribution in [0.3, 0.4) is 0 Å². The lowest BCUT2D eigenvalue weighted by molar-refractivity contribution is 0.321. The summed E-state index contributed by atoms with van der Waals surface area (Å²) >= 11 is 1.46. The van der Waals surface area contributed by atoms with Gasteiger partial charge in [0.1, 0.15) is 5.75 Å². The lowest BCUT2D eigenvalue weighted by atomic mass is 10.1. The molecule has 0 saturated heterocycles. The smallest absolute Gasteiger partial charge is 0.247 e. The Balaban J connectivity index is 1.69. The van der Waals surface area contributed by atoms with Gasteiger partial charge in [-0.3, -0.25) is 0 Å². The van der Waals surface area contributed by atoms with E-state index in [1.54, 1.807) is 11.8 Å². The Morgan fingerprint density at radius 2 is 1.88 bits per heavy atom. The number of methoxy groups -OCH3 is 1. The number of ether oxygens (including phenoxy) is 1. The summed E-state index contributed by atoms with van der Waals surface area (Å²) in [6.07, 6.45) is 0. The minimum Gasteiger partial charge on any atom is -0.497 e. The third-order valence-corrected chi connectivity index (χ3v) is 4.11. The molecule has 0 aliphatic heterocycles. The summed E-state index contributed by atoms with van der Waals surface area (Å²) < 4.78 is 12.6. The first kappa shape index (κ1) is 16.4. The summed E-state index contributed by atoms with van der Waals surface area (Å²) in [6.45, 7) is 6.13. The predicted molar refractivity (Wildman–Crippen MR) is 88.7 cm³/mol. The van der Waals surface area contributed by atoms with Crippen molar-refractivity contribution in [2.75, 3.05) is 7.11 Å². The van der Waals surface area contributed by atoms with E-state index >= 15 is 0 Å². The van der Waals surface area contributed by atoms with Crippen LogP contribution in [-0.2, 0) is 11.3 Å². The van der Waals surface area contributed by atoms with E-state index in [0.29, 0.717) is 22.7 Å². The summed E-state index contributed by atoms with van der Waals surface area (Å²) in [6, 6.07) is 7.46. The van der Waals surface area contributed by atoms with Crippen LogP contribution in [-0.4, -0.2) is 37.5 Å². The number of hydrogen-bond donors (Lipinski definition) is 0. The van der Waals surface area contributed by atoms with E-state index in [9.17, 15) is 0 Å². The molecule has 3 rings (SSSR count). The molecule has 0 saturated carbocycles. The standard InChI is InChI=1S/C15H18N6O2S/c1-15(2,3)21-14(18-19-20-21)24-9-12-16-17-13(23-12)10-5-7-11(22-4)8-6-10/h5-8H,9H2,1-4H3. The van der Waals surface area contributed by atoms with Crippen molar-refractivity contribution in [3.8, 4) is 17.2 Å². The molecule has 9 heteroatoms. The van der Waals surface area contributed by atoms with Crippen molar-refractivity contribution in [3.05, 3.63) is 30.2 Å². The molecule has 2 aromatic heterocycles. The van der Waals surface area contributed by atoms with Crippen molar-refractivity contribution >= 4 is 11.8 Å². The van der Waals surface area contributed by atoms with Crippen LogP contribution in [0, 0.1) is 0 Å². The molecule has 0 spiro atoms. The molecule has 0 fully saturated rings. The predicted octanol–water partition coefficient (Wildman–Crippen LogP) is 2.78. The molecule has 0 atom stereocenters. The van der Waals surface area contributed by atoms with Crippen molar-refractivity contribution in [1.29, 1.82) is 0 Å². The molecule has 1 aromatic carbocycles. The van der Waals surface area contributed by atoms with E-state index in [4.69, 9.17) is 9.15 Å². The molecule has 0 N–H and O–H groups in total. The van der Waals surface area contributed by atoms with Gasteiger partial charge in [0, 0.05) is 5.56 Å². The Morgan fingerprint density at radius 1 is 1.12 bits per heavy atom. The maximum atomic E-state index is 5.71. The topological polar surface area (TPSA) is 91.8 Å². The number of nitrogens with zero attached hydrogens (tertiary/aromatic N) is 6. The van der Waals surface area contributed by atoms with E-state index < -0.39 is 0 Å². The van der Waals surface area contributed by atoms with Crippen molar-refractivity contribution in [2.24, 2.45) is 0 Å². The first-order chi connectivity index (χ1) is 11.5. The van der Waals surface area contributed by atoms with Gasteiger partial charge in [0.05, 0.1) is 18.4 Å². The Labute approximate surface area is 143 Å². The van der Waals surface area contributed by atoms with Gasteiger partial charge in [-0.25, -0.2) is 4.68 Å². The molecule has 24 heavy (non-hydrogen) atoms. The Hall–Kier alpha value is -2.42. The zero-order chi connectivity index (χ0) is 17.2. The largest absolute Gasteiger partial charge is 0.497 e. The highest BCUT2D eigenvalue weighted by Gasteiger charge is 2.20. The number of aromatic nitrogens is 6. The quantitative estimate of drug-likeness (QED) is 0.651. The first-order valence-electron chi connectivity index (χ1n) is 7.36. The number of hydrogen-bond acceptors (Lipinski definition) is 8. The molecule has 0 aliphatic carbocycles. The van der Waals surface area contributed by atoms with Gasteiger partial charge in [-0.2, -0.15) is 0 Å². The fraction of sp³-hybridized carbons (Fsp3) is 0.400. The summed E-state index contributed by atoms with van der Waals surface area (Å²) in [5, 5.41) is 20.7. The van der Waals surface area contributed by atoms with Crippen molar-refractivity contribution < 1.29 is 9.15 Å². The van der Waals surface area contributed by atoms with E-state index in [-0.39, 0.29) is 5.54 Å². The van der Waals surface area contributed by atoms with Crippen molar-refractivity contribution in [3.63, 3.8) is 0 Å². The lowest BCUT2D eigenvalue weighted by Gasteiger charge is -2.19. The highest BCUT2D eigenvalue weighted by molar-refractivity contribution is 7.98. The lowest BCUT2D eigenvalue weighted by Crippen LogP contribution is -2.24. The number of tetrazole rings is 1. The van der Waals surface area contributed by atoms with Crippen LogP contribution in [0.1, 0.15) is 26.7 Å². The molecule has 8 nitrogen and oxygen atoms in total. The molecular formula is C15H18N6O2S. The van der Waals surface area contributed by atoms with Crippen LogP contribution >= 0.6 is 11.8 Å².